The van der Waals surface area contributed by atoms with Gasteiger partial charge in [-0.3, -0.25) is 0 Å². The number of aryl methyl sites for hydroxylation is 1. The van der Waals surface area contributed by atoms with Crippen LogP contribution in [0.5, 0.6) is 0 Å². The molecule has 3 heteroatoms. The van der Waals surface area contributed by atoms with Gasteiger partial charge in [0, 0.05) is 17.9 Å². The minimum Gasteiger partial charge on any atom is -0.399 e. The number of hydrogen-bond acceptors (Lipinski definition) is 3. The number of rotatable bonds is 9. The average molecular weight is 249 g/mol. The van der Waals surface area contributed by atoms with Gasteiger partial charge in [-0.15, -0.1) is 0 Å². The standard InChI is InChI=1S/C15H27N3/c1-13-12-14(17)8-9-15(13)18-11-7-5-3-2-4-6-10-16/h8-9,12,18H,2-7,10-11,16-17H2,1H3. The van der Waals surface area contributed by atoms with Gasteiger partial charge in [-0.1, -0.05) is 25.7 Å². The van der Waals surface area contributed by atoms with Crippen LogP contribution in [0.25, 0.3) is 0 Å². The molecule has 0 aliphatic rings. The highest BCUT2D eigenvalue weighted by Crippen LogP contribution is 2.17. The van der Waals surface area contributed by atoms with E-state index in [1.54, 1.807) is 0 Å². The molecular weight excluding hydrogens is 222 g/mol. The first-order valence-corrected chi connectivity index (χ1v) is 7.04. The largest absolute Gasteiger partial charge is 0.399 e. The minimum absolute atomic E-state index is 0.831. The van der Waals surface area contributed by atoms with Gasteiger partial charge in [-0.2, -0.15) is 0 Å². The lowest BCUT2D eigenvalue weighted by molar-refractivity contribution is 0.605. The van der Waals surface area contributed by atoms with E-state index in [0.29, 0.717) is 0 Å². The maximum atomic E-state index is 5.73. The summed E-state index contributed by atoms with van der Waals surface area (Å²) < 4.78 is 0. The molecule has 0 aromatic heterocycles. The Balaban J connectivity index is 2.07. The molecule has 0 spiro atoms. The third-order valence-electron chi connectivity index (χ3n) is 3.20. The van der Waals surface area contributed by atoms with Crippen molar-refractivity contribution in [1.82, 2.24) is 0 Å². The van der Waals surface area contributed by atoms with Crippen LogP contribution in [0.3, 0.4) is 0 Å². The summed E-state index contributed by atoms with van der Waals surface area (Å²) in [5.41, 5.74) is 14.4. The second-order valence-electron chi connectivity index (χ2n) is 4.91. The molecule has 0 saturated heterocycles. The van der Waals surface area contributed by atoms with Crippen molar-refractivity contribution in [3.05, 3.63) is 23.8 Å². The zero-order valence-electron chi connectivity index (χ0n) is 11.5. The van der Waals surface area contributed by atoms with Crippen LogP contribution in [0.4, 0.5) is 11.4 Å². The zero-order valence-corrected chi connectivity index (χ0v) is 11.5. The van der Waals surface area contributed by atoms with Gasteiger partial charge in [0.2, 0.25) is 0 Å². The molecule has 0 aliphatic heterocycles. The Labute approximate surface area is 111 Å². The summed E-state index contributed by atoms with van der Waals surface area (Å²) >= 11 is 0. The second kappa shape index (κ2) is 8.81. The lowest BCUT2D eigenvalue weighted by Crippen LogP contribution is -2.03. The number of anilines is 2. The summed E-state index contributed by atoms with van der Waals surface area (Å²) in [6.07, 6.45) is 7.61. The van der Waals surface area contributed by atoms with Gasteiger partial charge in [-0.05, 0) is 50.1 Å². The van der Waals surface area contributed by atoms with Gasteiger partial charge in [0.05, 0.1) is 0 Å². The topological polar surface area (TPSA) is 64.1 Å². The molecule has 0 radical (unpaired) electrons. The first-order valence-electron chi connectivity index (χ1n) is 7.04. The fraction of sp³-hybridized carbons (Fsp3) is 0.600. The maximum absolute atomic E-state index is 5.73. The number of nitrogens with one attached hydrogen (secondary N) is 1. The molecule has 0 saturated carbocycles. The molecule has 0 fully saturated rings. The molecule has 0 bridgehead atoms. The molecular formula is C15H27N3. The van der Waals surface area contributed by atoms with Gasteiger partial charge in [-0.25, -0.2) is 0 Å². The van der Waals surface area contributed by atoms with Crippen LogP contribution in [-0.4, -0.2) is 13.1 Å². The van der Waals surface area contributed by atoms with Crippen LogP contribution < -0.4 is 16.8 Å². The lowest BCUT2D eigenvalue weighted by atomic mass is 10.1. The summed E-state index contributed by atoms with van der Waals surface area (Å²) in [5.74, 6) is 0. The Morgan fingerprint density at radius 2 is 1.67 bits per heavy atom. The highest BCUT2D eigenvalue weighted by Gasteiger charge is 1.97. The first kappa shape index (κ1) is 14.8. The van der Waals surface area contributed by atoms with E-state index in [2.05, 4.69) is 18.3 Å². The highest BCUT2D eigenvalue weighted by molar-refractivity contribution is 5.57. The number of unbranched alkanes of at least 4 members (excludes halogenated alkanes) is 5. The average Bonchev–Trinajstić information content (AvgIpc) is 2.35. The van der Waals surface area contributed by atoms with Crippen molar-refractivity contribution in [2.45, 2.75) is 45.4 Å². The van der Waals surface area contributed by atoms with Crippen LogP contribution in [0.15, 0.2) is 18.2 Å². The van der Waals surface area contributed by atoms with Gasteiger partial charge in [0.15, 0.2) is 0 Å². The summed E-state index contributed by atoms with van der Waals surface area (Å²) in [6.45, 7) is 3.96. The Morgan fingerprint density at radius 3 is 2.33 bits per heavy atom. The van der Waals surface area contributed by atoms with E-state index in [-0.39, 0.29) is 0 Å². The summed E-state index contributed by atoms with van der Waals surface area (Å²) in [5, 5.41) is 3.47. The molecule has 0 unspecified atom stereocenters. The molecule has 0 amide bonds. The summed E-state index contributed by atoms with van der Waals surface area (Å²) in [4.78, 5) is 0. The van der Waals surface area contributed by atoms with Crippen molar-refractivity contribution < 1.29 is 0 Å². The van der Waals surface area contributed by atoms with Crippen molar-refractivity contribution in [3.8, 4) is 0 Å². The molecule has 0 aliphatic carbocycles. The Bertz CT molecular complexity index is 337. The predicted molar refractivity (Wildman–Crippen MR) is 80.8 cm³/mol. The molecule has 0 heterocycles. The number of benzene rings is 1. The normalized spacial score (nSPS) is 10.6. The van der Waals surface area contributed by atoms with Gasteiger partial charge in [0.1, 0.15) is 0 Å². The van der Waals surface area contributed by atoms with Gasteiger partial charge in [0.25, 0.3) is 0 Å². The first-order chi connectivity index (χ1) is 8.74. The van der Waals surface area contributed by atoms with Crippen molar-refractivity contribution in [2.24, 2.45) is 5.73 Å². The third kappa shape index (κ3) is 5.92. The van der Waals surface area contributed by atoms with E-state index < -0.39 is 0 Å². The fourth-order valence-corrected chi connectivity index (χ4v) is 2.08. The van der Waals surface area contributed by atoms with E-state index in [9.17, 15) is 0 Å². The molecule has 1 aromatic rings. The Hall–Kier alpha value is -1.22. The molecule has 0 atom stereocenters. The predicted octanol–water partition coefficient (Wildman–Crippen LogP) is 3.29. The van der Waals surface area contributed by atoms with Crippen molar-refractivity contribution in [2.75, 3.05) is 24.1 Å². The Kier molecular flexibility index (Phi) is 7.26. The Morgan fingerprint density at radius 1 is 1.00 bits per heavy atom. The SMILES string of the molecule is Cc1cc(N)ccc1NCCCCCCCCN. The summed E-state index contributed by atoms with van der Waals surface area (Å²) in [7, 11) is 0. The molecule has 18 heavy (non-hydrogen) atoms. The highest BCUT2D eigenvalue weighted by atomic mass is 14.9. The minimum atomic E-state index is 0.831. The molecule has 102 valence electrons. The number of nitrogens with two attached hydrogens (primary N) is 2. The smallest absolute Gasteiger partial charge is 0.0371 e. The molecule has 3 nitrogen and oxygen atoms in total. The van der Waals surface area contributed by atoms with E-state index in [1.807, 2.05) is 12.1 Å². The molecule has 1 rings (SSSR count). The van der Waals surface area contributed by atoms with E-state index in [4.69, 9.17) is 11.5 Å². The fourth-order valence-electron chi connectivity index (χ4n) is 2.08. The van der Waals surface area contributed by atoms with Crippen molar-refractivity contribution in [1.29, 1.82) is 0 Å². The van der Waals surface area contributed by atoms with Gasteiger partial charge >= 0.3 is 0 Å². The molecule has 5 N–H and O–H groups in total. The van der Waals surface area contributed by atoms with E-state index in [1.165, 1.54) is 49.8 Å². The molecule has 1 aromatic carbocycles. The number of hydrogen-bond donors (Lipinski definition) is 3. The van der Waals surface area contributed by atoms with Crippen LogP contribution in [0, 0.1) is 6.92 Å². The monoisotopic (exact) mass is 249 g/mol. The van der Waals surface area contributed by atoms with Crippen LogP contribution in [0.1, 0.15) is 44.1 Å². The summed E-state index contributed by atoms with van der Waals surface area (Å²) in [6, 6.07) is 6.02. The van der Waals surface area contributed by atoms with E-state index in [0.717, 1.165) is 18.8 Å². The third-order valence-corrected chi connectivity index (χ3v) is 3.20. The van der Waals surface area contributed by atoms with Crippen LogP contribution in [0.2, 0.25) is 0 Å². The zero-order chi connectivity index (χ0) is 13.2. The van der Waals surface area contributed by atoms with Crippen LogP contribution >= 0.6 is 0 Å². The maximum Gasteiger partial charge on any atom is 0.0371 e. The van der Waals surface area contributed by atoms with Crippen LogP contribution in [-0.2, 0) is 0 Å². The number of nitrogen functional groups attached to an aromatic ring is 1. The second-order valence-corrected chi connectivity index (χ2v) is 4.91. The van der Waals surface area contributed by atoms with Crippen molar-refractivity contribution in [3.63, 3.8) is 0 Å². The van der Waals surface area contributed by atoms with E-state index >= 15 is 0 Å². The van der Waals surface area contributed by atoms with Crippen molar-refractivity contribution >= 4 is 11.4 Å². The lowest BCUT2D eigenvalue weighted by Gasteiger charge is -2.10. The quantitative estimate of drug-likeness (QED) is 0.465. The van der Waals surface area contributed by atoms with Gasteiger partial charge < -0.3 is 16.8 Å².